The fraction of sp³-hybridized carbons (Fsp3) is 0.375. The molecule has 0 atom stereocenters. The SMILES string of the molecule is CC\C=C/C=C\C=N\S(C)(=O)=O. The van der Waals surface area contributed by atoms with Crippen LogP contribution in [0.15, 0.2) is 28.7 Å². The molecule has 0 heterocycles. The van der Waals surface area contributed by atoms with Crippen LogP contribution in [0.25, 0.3) is 0 Å². The first-order valence-electron chi connectivity index (χ1n) is 3.63. The molecule has 0 aromatic carbocycles. The lowest BCUT2D eigenvalue weighted by molar-refractivity contribution is 0.604. The molecule has 0 saturated carbocycles. The zero-order chi connectivity index (χ0) is 9.45. The van der Waals surface area contributed by atoms with Crippen LogP contribution in [0, 0.1) is 0 Å². The van der Waals surface area contributed by atoms with Gasteiger partial charge in [0.05, 0.1) is 6.26 Å². The fourth-order valence-electron chi connectivity index (χ4n) is 0.474. The van der Waals surface area contributed by atoms with Crippen LogP contribution in [0.4, 0.5) is 0 Å². The lowest BCUT2D eigenvalue weighted by Crippen LogP contribution is -1.88. The Balaban J connectivity index is 3.91. The molecule has 0 spiro atoms. The first-order valence-corrected chi connectivity index (χ1v) is 5.48. The van der Waals surface area contributed by atoms with Gasteiger partial charge >= 0.3 is 0 Å². The standard InChI is InChI=1S/C8H13NO2S/c1-3-4-5-6-7-8-9-12(2,10)11/h4-8H,3H2,1-2H3/b5-4-,7-6-,9-8+. The van der Waals surface area contributed by atoms with E-state index in [4.69, 9.17) is 0 Å². The molecule has 0 fully saturated rings. The average molecular weight is 187 g/mol. The van der Waals surface area contributed by atoms with Crippen molar-refractivity contribution in [1.29, 1.82) is 0 Å². The molecule has 0 aliphatic rings. The normalized spacial score (nSPS) is 13.8. The van der Waals surface area contributed by atoms with Crippen LogP contribution in [0.1, 0.15) is 13.3 Å². The highest BCUT2D eigenvalue weighted by Gasteiger charge is 1.89. The van der Waals surface area contributed by atoms with Gasteiger partial charge in [0.2, 0.25) is 10.0 Å². The summed E-state index contributed by atoms with van der Waals surface area (Å²) >= 11 is 0. The molecule has 68 valence electrons. The lowest BCUT2D eigenvalue weighted by atomic mass is 10.4. The van der Waals surface area contributed by atoms with Crippen molar-refractivity contribution in [1.82, 2.24) is 0 Å². The first-order chi connectivity index (χ1) is 5.56. The van der Waals surface area contributed by atoms with Gasteiger partial charge in [0.1, 0.15) is 0 Å². The van der Waals surface area contributed by atoms with Crippen molar-refractivity contribution in [3.05, 3.63) is 24.3 Å². The summed E-state index contributed by atoms with van der Waals surface area (Å²) in [6, 6.07) is 0. The van der Waals surface area contributed by atoms with Gasteiger partial charge in [-0.1, -0.05) is 25.2 Å². The van der Waals surface area contributed by atoms with E-state index in [2.05, 4.69) is 4.40 Å². The molecule has 0 amide bonds. The summed E-state index contributed by atoms with van der Waals surface area (Å²) in [4.78, 5) is 0. The fourth-order valence-corrected chi connectivity index (χ4v) is 0.766. The van der Waals surface area contributed by atoms with E-state index in [1.54, 1.807) is 12.2 Å². The van der Waals surface area contributed by atoms with Crippen LogP contribution >= 0.6 is 0 Å². The summed E-state index contributed by atoms with van der Waals surface area (Å²) < 4.78 is 24.2. The smallest absolute Gasteiger partial charge is 0.205 e. The lowest BCUT2D eigenvalue weighted by Gasteiger charge is -1.80. The maximum Gasteiger partial charge on any atom is 0.250 e. The summed E-state index contributed by atoms with van der Waals surface area (Å²) in [5, 5.41) is 0. The van der Waals surface area contributed by atoms with Crippen molar-refractivity contribution in [2.24, 2.45) is 4.40 Å². The third-order valence-electron chi connectivity index (χ3n) is 0.932. The Kier molecular flexibility index (Phi) is 5.28. The molecular weight excluding hydrogens is 174 g/mol. The van der Waals surface area contributed by atoms with Crippen LogP contribution in [-0.2, 0) is 10.0 Å². The van der Waals surface area contributed by atoms with Gasteiger partial charge in [-0.2, -0.15) is 4.40 Å². The molecule has 0 saturated heterocycles. The molecule has 0 bridgehead atoms. The van der Waals surface area contributed by atoms with E-state index in [-0.39, 0.29) is 0 Å². The molecule has 0 aromatic rings. The first kappa shape index (κ1) is 11.1. The highest BCUT2D eigenvalue weighted by molar-refractivity contribution is 7.89. The Morgan fingerprint density at radius 2 is 1.92 bits per heavy atom. The zero-order valence-corrected chi connectivity index (χ0v) is 8.08. The van der Waals surface area contributed by atoms with Gasteiger partial charge in [0.15, 0.2) is 0 Å². The quantitative estimate of drug-likeness (QED) is 0.495. The Labute approximate surface area is 73.6 Å². The van der Waals surface area contributed by atoms with E-state index >= 15 is 0 Å². The molecule has 0 radical (unpaired) electrons. The molecule has 0 aliphatic carbocycles. The van der Waals surface area contributed by atoms with Gasteiger partial charge in [-0.25, -0.2) is 8.42 Å². The van der Waals surface area contributed by atoms with E-state index in [0.29, 0.717) is 0 Å². The minimum Gasteiger partial charge on any atom is -0.205 e. The number of rotatable bonds is 4. The largest absolute Gasteiger partial charge is 0.250 e. The van der Waals surface area contributed by atoms with E-state index in [1.165, 1.54) is 6.21 Å². The highest BCUT2D eigenvalue weighted by Crippen LogP contribution is 1.83. The minimum atomic E-state index is -3.22. The number of sulfonamides is 1. The second-order valence-corrected chi connectivity index (χ2v) is 3.89. The Morgan fingerprint density at radius 1 is 1.25 bits per heavy atom. The van der Waals surface area contributed by atoms with E-state index in [9.17, 15) is 8.42 Å². The summed E-state index contributed by atoms with van der Waals surface area (Å²) in [5.74, 6) is 0. The van der Waals surface area contributed by atoms with Crippen molar-refractivity contribution in [2.45, 2.75) is 13.3 Å². The van der Waals surface area contributed by atoms with Crippen LogP contribution in [0.5, 0.6) is 0 Å². The monoisotopic (exact) mass is 187 g/mol. The van der Waals surface area contributed by atoms with Crippen LogP contribution in [0.2, 0.25) is 0 Å². The molecule has 3 nitrogen and oxygen atoms in total. The zero-order valence-electron chi connectivity index (χ0n) is 7.27. The predicted octanol–water partition coefficient (Wildman–Crippen LogP) is 1.54. The van der Waals surface area contributed by atoms with E-state index < -0.39 is 10.0 Å². The van der Waals surface area contributed by atoms with Crippen molar-refractivity contribution < 1.29 is 8.42 Å². The molecule has 0 unspecified atom stereocenters. The van der Waals surface area contributed by atoms with Crippen molar-refractivity contribution in [3.8, 4) is 0 Å². The Bertz CT molecular complexity index is 286. The van der Waals surface area contributed by atoms with Gasteiger partial charge in [-0.15, -0.1) is 0 Å². The third kappa shape index (κ3) is 9.10. The molecule has 0 N–H and O–H groups in total. The van der Waals surface area contributed by atoms with Crippen molar-refractivity contribution >= 4 is 16.2 Å². The second-order valence-electron chi connectivity index (χ2n) is 2.21. The average Bonchev–Trinajstić information content (AvgIpc) is 1.94. The number of hydrogen-bond acceptors (Lipinski definition) is 2. The molecular formula is C8H13NO2S. The van der Waals surface area contributed by atoms with Crippen molar-refractivity contribution in [2.75, 3.05) is 6.26 Å². The Morgan fingerprint density at radius 3 is 2.42 bits per heavy atom. The van der Waals surface area contributed by atoms with Crippen molar-refractivity contribution in [3.63, 3.8) is 0 Å². The maximum atomic E-state index is 10.5. The van der Waals surface area contributed by atoms with Crippen LogP contribution < -0.4 is 0 Å². The summed E-state index contributed by atoms with van der Waals surface area (Å²) in [5.41, 5.74) is 0. The number of nitrogens with zero attached hydrogens (tertiary/aromatic N) is 1. The molecule has 0 aliphatic heterocycles. The van der Waals surface area contributed by atoms with E-state index in [1.807, 2.05) is 19.1 Å². The Hall–Kier alpha value is -0.900. The minimum absolute atomic E-state index is 0.966. The maximum absolute atomic E-state index is 10.5. The van der Waals surface area contributed by atoms with Gasteiger partial charge in [0, 0.05) is 6.21 Å². The molecule has 0 aromatic heterocycles. The number of hydrogen-bond donors (Lipinski definition) is 0. The molecule has 12 heavy (non-hydrogen) atoms. The second kappa shape index (κ2) is 5.71. The van der Waals surface area contributed by atoms with Crippen LogP contribution in [-0.4, -0.2) is 20.9 Å². The molecule has 0 rings (SSSR count). The van der Waals surface area contributed by atoms with Crippen LogP contribution in [0.3, 0.4) is 0 Å². The van der Waals surface area contributed by atoms with Gasteiger partial charge in [0.25, 0.3) is 0 Å². The summed E-state index contributed by atoms with van der Waals surface area (Å²) in [6.07, 6.45) is 10.4. The summed E-state index contributed by atoms with van der Waals surface area (Å²) in [7, 11) is -3.22. The highest BCUT2D eigenvalue weighted by atomic mass is 32.2. The third-order valence-corrected chi connectivity index (χ3v) is 1.44. The molecule has 4 heteroatoms. The van der Waals surface area contributed by atoms with Gasteiger partial charge in [-0.3, -0.25) is 0 Å². The van der Waals surface area contributed by atoms with Gasteiger partial charge in [-0.05, 0) is 12.5 Å². The predicted molar refractivity (Wildman–Crippen MR) is 51.9 cm³/mol. The number of allylic oxidation sites excluding steroid dienone is 4. The topological polar surface area (TPSA) is 46.5 Å². The van der Waals surface area contributed by atoms with E-state index in [0.717, 1.165) is 12.7 Å². The summed E-state index contributed by atoms with van der Waals surface area (Å²) in [6.45, 7) is 2.02. The van der Waals surface area contributed by atoms with Gasteiger partial charge < -0.3 is 0 Å².